The lowest BCUT2D eigenvalue weighted by Gasteiger charge is -2.08. The van der Waals surface area contributed by atoms with Gasteiger partial charge in [0.05, 0.1) is 11.1 Å². The van der Waals surface area contributed by atoms with Crippen LogP contribution in [0.5, 0.6) is 0 Å². The van der Waals surface area contributed by atoms with Crippen LogP contribution < -0.4 is 5.32 Å². The summed E-state index contributed by atoms with van der Waals surface area (Å²) >= 11 is 5.57. The fourth-order valence-electron chi connectivity index (χ4n) is 1.25. The van der Waals surface area contributed by atoms with Crippen molar-refractivity contribution < 1.29 is 4.39 Å². The number of benzene rings is 1. The zero-order valence-electron chi connectivity index (χ0n) is 8.96. The van der Waals surface area contributed by atoms with E-state index in [0.29, 0.717) is 11.4 Å². The van der Waals surface area contributed by atoms with E-state index in [0.717, 1.165) is 0 Å². The molecular weight excluding hydrogens is 229 g/mol. The molecule has 0 aromatic heterocycles. The van der Waals surface area contributed by atoms with Crippen LogP contribution in [0.1, 0.15) is 25.5 Å². The first-order chi connectivity index (χ1) is 7.54. The van der Waals surface area contributed by atoms with Crippen molar-refractivity contribution in [2.45, 2.75) is 19.9 Å². The van der Waals surface area contributed by atoms with Crippen LogP contribution in [0, 0.1) is 17.3 Å². The second kappa shape index (κ2) is 5.47. The van der Waals surface area contributed by atoms with Gasteiger partial charge in [0.25, 0.3) is 0 Å². The molecule has 0 aliphatic carbocycles. The summed E-state index contributed by atoms with van der Waals surface area (Å²) in [5.41, 5.74) is 0.709. The number of rotatable bonds is 2. The van der Waals surface area contributed by atoms with E-state index >= 15 is 0 Å². The zero-order valence-corrected chi connectivity index (χ0v) is 9.72. The van der Waals surface area contributed by atoms with Crippen LogP contribution in [0.3, 0.4) is 0 Å². The van der Waals surface area contributed by atoms with Crippen LogP contribution in [0.15, 0.2) is 23.2 Å². The molecule has 1 unspecified atom stereocenters. The van der Waals surface area contributed by atoms with Gasteiger partial charge in [0.1, 0.15) is 11.7 Å². The third kappa shape index (κ3) is 3.21. The fourth-order valence-corrected chi connectivity index (χ4v) is 1.37. The quantitative estimate of drug-likeness (QED) is 0.373. The minimum Gasteiger partial charge on any atom is -0.281 e. The molecule has 0 saturated carbocycles. The molecule has 0 saturated heterocycles. The molecule has 3 nitrogen and oxygen atoms in total. The first-order valence-electron chi connectivity index (χ1n) is 4.69. The van der Waals surface area contributed by atoms with E-state index in [2.05, 4.69) is 10.3 Å². The normalized spacial score (nSPS) is 13.1. The lowest BCUT2D eigenvalue weighted by atomic mass is 10.1. The first kappa shape index (κ1) is 12.5. The van der Waals surface area contributed by atoms with Crippen molar-refractivity contribution in [1.29, 1.82) is 5.26 Å². The number of nitrogens with zero attached hydrogens (tertiary/aromatic N) is 2. The van der Waals surface area contributed by atoms with Crippen molar-refractivity contribution in [3.63, 3.8) is 0 Å². The largest absolute Gasteiger partial charge is 0.281 e. The van der Waals surface area contributed by atoms with Crippen LogP contribution >= 0.6 is 11.6 Å². The van der Waals surface area contributed by atoms with Gasteiger partial charge in [0.2, 0.25) is 0 Å². The molecule has 0 heterocycles. The molecule has 0 spiro atoms. The third-order valence-electron chi connectivity index (χ3n) is 2.05. The summed E-state index contributed by atoms with van der Waals surface area (Å²) in [4.78, 5) is 4.18. The van der Waals surface area contributed by atoms with Crippen LogP contribution in [0.25, 0.3) is 0 Å². The fraction of sp³-hybridized carbons (Fsp3) is 0.273. The summed E-state index contributed by atoms with van der Waals surface area (Å²) in [5.74, 6) is 0.0254. The number of nitriles is 1. The van der Waals surface area contributed by atoms with E-state index in [9.17, 15) is 4.39 Å². The molecule has 1 N–H and O–H groups in total. The van der Waals surface area contributed by atoms with E-state index in [-0.39, 0.29) is 11.1 Å². The zero-order chi connectivity index (χ0) is 12.1. The van der Waals surface area contributed by atoms with Crippen LogP contribution in [-0.4, -0.2) is 5.84 Å². The minimum absolute atomic E-state index is 0.0896. The van der Waals surface area contributed by atoms with Crippen LogP contribution in [0.2, 0.25) is 5.02 Å². The Morgan fingerprint density at radius 1 is 1.62 bits per heavy atom. The molecule has 1 rings (SSSR count). The Morgan fingerprint density at radius 2 is 2.31 bits per heavy atom. The maximum Gasteiger partial charge on any atom is 0.182 e. The van der Waals surface area contributed by atoms with Crippen molar-refractivity contribution >= 4 is 17.4 Å². The lowest BCUT2D eigenvalue weighted by Crippen LogP contribution is -2.14. The standard InChI is InChI=1S/C11H11ClFN3/c1-7(16-8(2)15-6-14)9-3-4-10(12)11(13)5-9/h3-5,7H,1-2H3,(H,15,16). The van der Waals surface area contributed by atoms with Gasteiger partial charge in [-0.3, -0.25) is 10.3 Å². The van der Waals surface area contributed by atoms with E-state index in [1.807, 2.05) is 6.92 Å². The molecule has 1 aromatic rings. The molecule has 16 heavy (non-hydrogen) atoms. The van der Waals surface area contributed by atoms with E-state index in [4.69, 9.17) is 16.9 Å². The van der Waals surface area contributed by atoms with Crippen LogP contribution in [0.4, 0.5) is 4.39 Å². The lowest BCUT2D eigenvalue weighted by molar-refractivity contribution is 0.623. The SMILES string of the molecule is CC(=NC(C)c1ccc(Cl)c(F)c1)NC#N. The Bertz CT molecular complexity index is 451. The summed E-state index contributed by atoms with van der Waals surface area (Å²) in [6.45, 7) is 3.48. The van der Waals surface area contributed by atoms with Gasteiger partial charge in [-0.15, -0.1) is 0 Å². The highest BCUT2D eigenvalue weighted by Gasteiger charge is 2.07. The van der Waals surface area contributed by atoms with Crippen molar-refractivity contribution in [1.82, 2.24) is 5.32 Å². The highest BCUT2D eigenvalue weighted by atomic mass is 35.5. The number of hydrogen-bond acceptors (Lipinski definition) is 2. The summed E-state index contributed by atoms with van der Waals surface area (Å²) in [6, 6.07) is 4.31. The highest BCUT2D eigenvalue weighted by Crippen LogP contribution is 2.22. The number of aliphatic imine (C=N–C) groups is 1. The third-order valence-corrected chi connectivity index (χ3v) is 2.36. The topological polar surface area (TPSA) is 48.2 Å². The van der Waals surface area contributed by atoms with E-state index in [1.54, 1.807) is 19.2 Å². The highest BCUT2D eigenvalue weighted by molar-refractivity contribution is 6.30. The van der Waals surface area contributed by atoms with Crippen molar-refractivity contribution in [2.24, 2.45) is 4.99 Å². The Labute approximate surface area is 98.6 Å². The van der Waals surface area contributed by atoms with E-state index in [1.165, 1.54) is 12.1 Å². The van der Waals surface area contributed by atoms with Gasteiger partial charge in [-0.25, -0.2) is 4.39 Å². The molecule has 5 heteroatoms. The average molecular weight is 240 g/mol. The molecule has 0 fully saturated rings. The van der Waals surface area contributed by atoms with Gasteiger partial charge in [-0.2, -0.15) is 5.26 Å². The van der Waals surface area contributed by atoms with Gasteiger partial charge in [-0.1, -0.05) is 17.7 Å². The second-order valence-electron chi connectivity index (χ2n) is 3.30. The van der Waals surface area contributed by atoms with Crippen molar-refractivity contribution in [3.05, 3.63) is 34.6 Å². The van der Waals surface area contributed by atoms with Crippen molar-refractivity contribution in [3.8, 4) is 6.19 Å². The monoisotopic (exact) mass is 239 g/mol. The van der Waals surface area contributed by atoms with Gasteiger partial charge in [0.15, 0.2) is 6.19 Å². The summed E-state index contributed by atoms with van der Waals surface area (Å²) < 4.78 is 13.2. The number of halogens is 2. The predicted octanol–water partition coefficient (Wildman–Crippen LogP) is 3.03. The molecule has 0 bridgehead atoms. The number of hydrogen-bond donors (Lipinski definition) is 1. The summed E-state index contributed by atoms with van der Waals surface area (Å²) in [6.07, 6.45) is 1.77. The minimum atomic E-state index is -0.466. The summed E-state index contributed by atoms with van der Waals surface area (Å²) in [7, 11) is 0. The Kier molecular flexibility index (Phi) is 4.27. The molecule has 0 aliphatic heterocycles. The molecule has 0 amide bonds. The van der Waals surface area contributed by atoms with Gasteiger partial charge >= 0.3 is 0 Å². The van der Waals surface area contributed by atoms with Gasteiger partial charge in [-0.05, 0) is 31.5 Å². The molecule has 1 aromatic carbocycles. The summed E-state index contributed by atoms with van der Waals surface area (Å²) in [5, 5.41) is 10.9. The maximum absolute atomic E-state index is 13.2. The maximum atomic E-state index is 13.2. The number of amidine groups is 1. The van der Waals surface area contributed by atoms with Crippen LogP contribution in [-0.2, 0) is 0 Å². The molecule has 84 valence electrons. The molecular formula is C11H11ClFN3. The first-order valence-corrected chi connectivity index (χ1v) is 5.07. The Morgan fingerprint density at radius 3 is 2.88 bits per heavy atom. The molecule has 1 atom stereocenters. The second-order valence-corrected chi connectivity index (χ2v) is 3.71. The smallest absolute Gasteiger partial charge is 0.182 e. The Balaban J connectivity index is 2.89. The van der Waals surface area contributed by atoms with Gasteiger partial charge in [0, 0.05) is 0 Å². The Hall–Kier alpha value is -1.60. The number of nitrogens with one attached hydrogen (secondary N) is 1. The average Bonchev–Trinajstić information content (AvgIpc) is 2.22. The molecule has 0 aliphatic rings. The van der Waals surface area contributed by atoms with Gasteiger partial charge < -0.3 is 0 Å². The van der Waals surface area contributed by atoms with E-state index < -0.39 is 5.82 Å². The predicted molar refractivity (Wildman–Crippen MR) is 61.7 cm³/mol. The van der Waals surface area contributed by atoms with Crippen molar-refractivity contribution in [2.75, 3.05) is 0 Å². The molecule has 0 radical (unpaired) electrons.